The third kappa shape index (κ3) is 6.99. The van der Waals surface area contributed by atoms with Crippen LogP contribution in [0.1, 0.15) is 19.4 Å². The van der Waals surface area contributed by atoms with Gasteiger partial charge in [0.25, 0.3) is 0 Å². The van der Waals surface area contributed by atoms with Gasteiger partial charge in [0.1, 0.15) is 5.82 Å². The molecule has 1 aromatic rings. The molecule has 0 atom stereocenters. The number of aliphatic imine (C=N–C) groups is 1. The molecule has 0 radical (unpaired) electrons. The van der Waals surface area contributed by atoms with Crippen LogP contribution in [0.3, 0.4) is 0 Å². The number of ether oxygens (including phenoxy) is 1. The van der Waals surface area contributed by atoms with E-state index in [2.05, 4.69) is 50.3 Å². The van der Waals surface area contributed by atoms with Gasteiger partial charge in [0.2, 0.25) is 0 Å². The maximum atomic E-state index is 13.4. The summed E-state index contributed by atoms with van der Waals surface area (Å²) in [5, 5.41) is 6.59. The van der Waals surface area contributed by atoms with E-state index in [4.69, 9.17) is 4.74 Å². The predicted molar refractivity (Wildman–Crippen MR) is 114 cm³/mol. The summed E-state index contributed by atoms with van der Waals surface area (Å²) >= 11 is 3.44. The number of guanidine groups is 1. The minimum Gasteiger partial charge on any atom is -0.379 e. The van der Waals surface area contributed by atoms with Gasteiger partial charge in [-0.1, -0.05) is 15.9 Å². The molecule has 2 N–H and O–H groups in total. The zero-order valence-electron chi connectivity index (χ0n) is 14.9. The molecule has 0 aliphatic carbocycles. The molecule has 1 fully saturated rings. The standard InChI is InChI=1S/C17H26BrFN4O.HI/c1-17(2,23-6-8-24-9-7-23)12-22-16(20-3)21-11-13-10-14(19)4-5-15(13)18;/h4-5,10H,6-9,11-12H2,1-3H3,(H2,20,21,22);1H. The van der Waals surface area contributed by atoms with Gasteiger partial charge in [0.15, 0.2) is 5.96 Å². The first-order valence-corrected chi connectivity index (χ1v) is 8.93. The first kappa shape index (κ1) is 22.6. The van der Waals surface area contributed by atoms with Crippen LogP contribution in [0.15, 0.2) is 27.7 Å². The van der Waals surface area contributed by atoms with Crippen LogP contribution >= 0.6 is 39.9 Å². The number of halogens is 3. The predicted octanol–water partition coefficient (Wildman–Crippen LogP) is 2.98. The SMILES string of the molecule is CN=C(NCc1cc(F)ccc1Br)NCC(C)(C)N1CCOCC1.I. The molecule has 0 bridgehead atoms. The Kier molecular flexibility index (Phi) is 9.61. The van der Waals surface area contributed by atoms with Crippen molar-refractivity contribution < 1.29 is 9.13 Å². The maximum Gasteiger partial charge on any atom is 0.191 e. The van der Waals surface area contributed by atoms with Crippen molar-refractivity contribution in [3.05, 3.63) is 34.1 Å². The normalized spacial score (nSPS) is 16.3. The first-order chi connectivity index (χ1) is 11.4. The van der Waals surface area contributed by atoms with Crippen LogP contribution in [0, 0.1) is 5.82 Å². The van der Waals surface area contributed by atoms with Crippen molar-refractivity contribution in [2.24, 2.45) is 4.99 Å². The minimum absolute atomic E-state index is 0. The Hall–Kier alpha value is -0.450. The van der Waals surface area contributed by atoms with Gasteiger partial charge < -0.3 is 15.4 Å². The van der Waals surface area contributed by atoms with Crippen molar-refractivity contribution in [3.8, 4) is 0 Å². The Labute approximate surface area is 174 Å². The molecule has 0 saturated carbocycles. The van der Waals surface area contributed by atoms with E-state index in [9.17, 15) is 4.39 Å². The lowest BCUT2D eigenvalue weighted by Crippen LogP contribution is -2.56. The summed E-state index contributed by atoms with van der Waals surface area (Å²) in [7, 11) is 1.73. The highest BCUT2D eigenvalue weighted by molar-refractivity contribution is 14.0. The summed E-state index contributed by atoms with van der Waals surface area (Å²) in [5.41, 5.74) is 0.853. The summed E-state index contributed by atoms with van der Waals surface area (Å²) in [6, 6.07) is 4.66. The second kappa shape index (κ2) is 10.6. The molecular formula is C17H27BrFIN4O. The fourth-order valence-corrected chi connectivity index (χ4v) is 3.05. The highest BCUT2D eigenvalue weighted by Crippen LogP contribution is 2.18. The topological polar surface area (TPSA) is 48.9 Å². The number of benzene rings is 1. The Morgan fingerprint density at radius 2 is 2.00 bits per heavy atom. The van der Waals surface area contributed by atoms with Crippen molar-refractivity contribution in [2.75, 3.05) is 39.9 Å². The number of hydrogen-bond donors (Lipinski definition) is 2. The van der Waals surface area contributed by atoms with Gasteiger partial charge in [-0.15, -0.1) is 24.0 Å². The third-order valence-corrected chi connectivity index (χ3v) is 5.01. The van der Waals surface area contributed by atoms with Crippen LogP contribution < -0.4 is 10.6 Å². The Morgan fingerprint density at radius 3 is 2.64 bits per heavy atom. The van der Waals surface area contributed by atoms with Crippen LogP contribution in [-0.2, 0) is 11.3 Å². The minimum atomic E-state index is -0.244. The summed E-state index contributed by atoms with van der Waals surface area (Å²) in [5.74, 6) is 0.457. The Balaban J connectivity index is 0.00000312. The molecule has 25 heavy (non-hydrogen) atoms. The molecule has 1 aliphatic rings. The van der Waals surface area contributed by atoms with Crippen LogP contribution in [0.2, 0.25) is 0 Å². The first-order valence-electron chi connectivity index (χ1n) is 8.13. The monoisotopic (exact) mass is 528 g/mol. The van der Waals surface area contributed by atoms with Crippen molar-refractivity contribution in [2.45, 2.75) is 25.9 Å². The summed E-state index contributed by atoms with van der Waals surface area (Å²) in [6.45, 7) is 9.12. The number of hydrogen-bond acceptors (Lipinski definition) is 3. The maximum absolute atomic E-state index is 13.4. The molecule has 1 aliphatic heterocycles. The van der Waals surface area contributed by atoms with E-state index in [1.54, 1.807) is 13.1 Å². The molecule has 1 aromatic carbocycles. The van der Waals surface area contributed by atoms with E-state index in [1.807, 2.05) is 0 Å². The van der Waals surface area contributed by atoms with Gasteiger partial charge in [0, 0.05) is 43.2 Å². The fraction of sp³-hybridized carbons (Fsp3) is 0.588. The van der Waals surface area contributed by atoms with E-state index in [1.165, 1.54) is 12.1 Å². The molecule has 0 spiro atoms. The number of rotatable bonds is 5. The quantitative estimate of drug-likeness (QED) is 0.350. The number of nitrogens with one attached hydrogen (secondary N) is 2. The van der Waals surface area contributed by atoms with Crippen molar-refractivity contribution in [1.82, 2.24) is 15.5 Å². The second-order valence-electron chi connectivity index (χ2n) is 6.43. The molecule has 2 rings (SSSR count). The summed E-state index contributed by atoms with van der Waals surface area (Å²) in [4.78, 5) is 6.66. The summed E-state index contributed by atoms with van der Waals surface area (Å²) in [6.07, 6.45) is 0. The zero-order chi connectivity index (χ0) is 17.6. The molecule has 0 unspecified atom stereocenters. The lowest BCUT2D eigenvalue weighted by Gasteiger charge is -2.41. The zero-order valence-corrected chi connectivity index (χ0v) is 18.9. The smallest absolute Gasteiger partial charge is 0.191 e. The molecule has 0 amide bonds. The molecule has 5 nitrogen and oxygen atoms in total. The number of nitrogens with zero attached hydrogens (tertiary/aromatic N) is 2. The van der Waals surface area contributed by atoms with Gasteiger partial charge in [-0.25, -0.2) is 4.39 Å². The van der Waals surface area contributed by atoms with Crippen molar-refractivity contribution in [3.63, 3.8) is 0 Å². The van der Waals surface area contributed by atoms with Crippen LogP contribution in [0.25, 0.3) is 0 Å². The molecular weight excluding hydrogens is 502 g/mol. The highest BCUT2D eigenvalue weighted by Gasteiger charge is 2.28. The highest BCUT2D eigenvalue weighted by atomic mass is 127. The van der Waals surface area contributed by atoms with E-state index in [-0.39, 0.29) is 35.3 Å². The second-order valence-corrected chi connectivity index (χ2v) is 7.28. The van der Waals surface area contributed by atoms with Crippen molar-refractivity contribution >= 4 is 45.9 Å². The average Bonchev–Trinajstić information content (AvgIpc) is 2.58. The van der Waals surface area contributed by atoms with Crippen molar-refractivity contribution in [1.29, 1.82) is 0 Å². The Morgan fingerprint density at radius 1 is 1.32 bits per heavy atom. The van der Waals surface area contributed by atoms with E-state index >= 15 is 0 Å². The lowest BCUT2D eigenvalue weighted by atomic mass is 10.0. The van der Waals surface area contributed by atoms with Gasteiger partial charge in [-0.3, -0.25) is 9.89 Å². The van der Waals surface area contributed by atoms with E-state index < -0.39 is 0 Å². The van der Waals surface area contributed by atoms with Crippen LogP contribution in [0.5, 0.6) is 0 Å². The molecule has 1 saturated heterocycles. The fourth-order valence-electron chi connectivity index (χ4n) is 2.66. The Bertz CT molecular complexity index is 580. The molecule has 142 valence electrons. The third-order valence-electron chi connectivity index (χ3n) is 4.23. The molecule has 1 heterocycles. The van der Waals surface area contributed by atoms with Crippen LogP contribution in [0.4, 0.5) is 4.39 Å². The van der Waals surface area contributed by atoms with Gasteiger partial charge in [-0.2, -0.15) is 0 Å². The number of morpholine rings is 1. The largest absolute Gasteiger partial charge is 0.379 e. The lowest BCUT2D eigenvalue weighted by molar-refractivity contribution is -0.00834. The van der Waals surface area contributed by atoms with Gasteiger partial charge in [-0.05, 0) is 37.6 Å². The van der Waals surface area contributed by atoms with Gasteiger partial charge in [0.05, 0.1) is 13.2 Å². The molecule has 8 heteroatoms. The molecule has 0 aromatic heterocycles. The van der Waals surface area contributed by atoms with E-state index in [0.717, 1.165) is 42.9 Å². The van der Waals surface area contributed by atoms with Crippen LogP contribution in [-0.4, -0.2) is 56.3 Å². The van der Waals surface area contributed by atoms with E-state index in [0.29, 0.717) is 12.5 Å². The average molecular weight is 529 g/mol. The summed E-state index contributed by atoms with van der Waals surface area (Å²) < 4.78 is 19.6. The van der Waals surface area contributed by atoms with Gasteiger partial charge >= 0.3 is 0 Å².